The molecule has 0 saturated heterocycles. The molecule has 0 saturated carbocycles. The minimum absolute atomic E-state index is 0.0439. The molecule has 1 aliphatic rings. The summed E-state index contributed by atoms with van der Waals surface area (Å²) < 4.78 is 12.1. The molecule has 2 N–H and O–H groups in total. The third kappa shape index (κ3) is 4.33. The first-order chi connectivity index (χ1) is 13.0. The molecule has 0 bridgehead atoms. The minimum Gasteiger partial charge on any atom is -0.454 e. The Kier molecular flexibility index (Phi) is 5.84. The molecule has 3 rings (SSSR count). The second kappa shape index (κ2) is 8.30. The second-order valence-electron chi connectivity index (χ2n) is 5.96. The molecule has 9 nitrogen and oxygen atoms in total. The lowest BCUT2D eigenvalue weighted by molar-refractivity contribution is -0.113. The highest BCUT2D eigenvalue weighted by Gasteiger charge is 2.20. The van der Waals surface area contributed by atoms with E-state index >= 15 is 0 Å². The van der Waals surface area contributed by atoms with E-state index in [4.69, 9.17) is 9.47 Å². The molecule has 2 aromatic rings. The molecule has 0 fully saturated rings. The van der Waals surface area contributed by atoms with Crippen LogP contribution < -0.4 is 20.5 Å². The lowest BCUT2D eigenvalue weighted by Gasteiger charge is -2.10. The molecular formula is C17H20N4O5S. The van der Waals surface area contributed by atoms with Gasteiger partial charge in [-0.15, -0.1) is 5.10 Å². The predicted molar refractivity (Wildman–Crippen MR) is 99.7 cm³/mol. The quantitative estimate of drug-likeness (QED) is 0.522. The summed E-state index contributed by atoms with van der Waals surface area (Å²) in [6.07, 6.45) is 1.79. The van der Waals surface area contributed by atoms with Gasteiger partial charge in [0.2, 0.25) is 12.7 Å². The zero-order valence-corrected chi connectivity index (χ0v) is 15.9. The number of nitrogens with one attached hydrogen (secondary N) is 2. The van der Waals surface area contributed by atoms with E-state index in [0.717, 1.165) is 24.6 Å². The number of carbonyl (C=O) groups is 2. The largest absolute Gasteiger partial charge is 0.454 e. The maximum Gasteiger partial charge on any atom is 0.343 e. The molecule has 0 atom stereocenters. The average molecular weight is 392 g/mol. The third-order valence-corrected chi connectivity index (χ3v) is 4.93. The SMILES string of the molecule is CCCCn1c(SCC(=O)Nc2cc3c(cc2C(C)=O)OCO3)n[nH]c1=O. The van der Waals surface area contributed by atoms with Crippen LogP contribution in [-0.4, -0.2) is 39.0 Å². The number of benzene rings is 1. The van der Waals surface area contributed by atoms with Crippen LogP contribution in [0.3, 0.4) is 0 Å². The molecule has 2 heterocycles. The number of H-pyrrole nitrogens is 1. The lowest BCUT2D eigenvalue weighted by atomic mass is 10.1. The second-order valence-corrected chi connectivity index (χ2v) is 6.90. The lowest BCUT2D eigenvalue weighted by Crippen LogP contribution is -2.19. The van der Waals surface area contributed by atoms with Crippen molar-refractivity contribution in [1.82, 2.24) is 14.8 Å². The number of nitrogens with zero attached hydrogens (tertiary/aromatic N) is 2. The van der Waals surface area contributed by atoms with Gasteiger partial charge in [-0.05, 0) is 19.4 Å². The molecule has 0 spiro atoms. The summed E-state index contributed by atoms with van der Waals surface area (Å²) in [5.41, 5.74) is 0.418. The van der Waals surface area contributed by atoms with Crippen LogP contribution in [0.2, 0.25) is 0 Å². The van der Waals surface area contributed by atoms with Gasteiger partial charge < -0.3 is 14.8 Å². The third-order valence-electron chi connectivity index (χ3n) is 3.96. The number of fused-ring (bicyclic) bond motifs is 1. The summed E-state index contributed by atoms with van der Waals surface area (Å²) in [5.74, 6) is 0.478. The zero-order chi connectivity index (χ0) is 19.4. The van der Waals surface area contributed by atoms with Gasteiger partial charge in [0.1, 0.15) is 0 Å². The van der Waals surface area contributed by atoms with Gasteiger partial charge in [-0.25, -0.2) is 9.89 Å². The van der Waals surface area contributed by atoms with E-state index in [1.807, 2.05) is 6.92 Å². The summed E-state index contributed by atoms with van der Waals surface area (Å²) in [7, 11) is 0. The van der Waals surface area contributed by atoms with Gasteiger partial charge in [0.15, 0.2) is 22.4 Å². The number of anilines is 1. The van der Waals surface area contributed by atoms with Crippen LogP contribution in [0.15, 0.2) is 22.1 Å². The highest BCUT2D eigenvalue weighted by Crippen LogP contribution is 2.37. The molecule has 1 amide bonds. The number of Topliss-reactive ketones (excluding diaryl/α,β-unsaturated/α-hetero) is 1. The fraction of sp³-hybridized carbons (Fsp3) is 0.412. The number of aromatic nitrogens is 3. The Morgan fingerprint density at radius 3 is 2.78 bits per heavy atom. The summed E-state index contributed by atoms with van der Waals surface area (Å²) in [4.78, 5) is 36.0. The number of carbonyl (C=O) groups excluding carboxylic acids is 2. The summed E-state index contributed by atoms with van der Waals surface area (Å²) in [6, 6.07) is 3.14. The molecule has 0 unspecified atom stereocenters. The van der Waals surface area contributed by atoms with Crippen LogP contribution >= 0.6 is 11.8 Å². The van der Waals surface area contributed by atoms with Gasteiger partial charge >= 0.3 is 5.69 Å². The number of unbranched alkanes of at least 4 members (excludes halogenated alkanes) is 1. The van der Waals surface area contributed by atoms with Crippen molar-refractivity contribution in [3.63, 3.8) is 0 Å². The summed E-state index contributed by atoms with van der Waals surface area (Å²) in [6.45, 7) is 4.07. The standard InChI is InChI=1S/C17H20N4O5S/c1-3-4-5-21-16(24)19-20-17(21)27-8-15(23)18-12-7-14-13(25-9-26-14)6-11(12)10(2)22/h6-7H,3-5,8-9H2,1-2H3,(H,18,23)(H,19,24). The van der Waals surface area contributed by atoms with Gasteiger partial charge in [0.25, 0.3) is 0 Å². The van der Waals surface area contributed by atoms with Crippen LogP contribution in [0.5, 0.6) is 11.5 Å². The smallest absolute Gasteiger partial charge is 0.343 e. The van der Waals surface area contributed by atoms with E-state index in [0.29, 0.717) is 34.5 Å². The van der Waals surface area contributed by atoms with E-state index in [2.05, 4.69) is 15.5 Å². The molecule has 144 valence electrons. The van der Waals surface area contributed by atoms with Crippen LogP contribution in [-0.2, 0) is 11.3 Å². The van der Waals surface area contributed by atoms with E-state index < -0.39 is 0 Å². The van der Waals surface area contributed by atoms with E-state index in [-0.39, 0.29) is 29.9 Å². The number of hydrogen-bond donors (Lipinski definition) is 2. The maximum atomic E-state index is 12.4. The normalized spacial score (nSPS) is 12.2. The number of thioether (sulfide) groups is 1. The number of rotatable bonds is 8. The van der Waals surface area contributed by atoms with Crippen molar-refractivity contribution in [3.8, 4) is 11.5 Å². The van der Waals surface area contributed by atoms with Crippen molar-refractivity contribution in [3.05, 3.63) is 28.2 Å². The maximum absolute atomic E-state index is 12.4. The number of aromatic amines is 1. The van der Waals surface area contributed by atoms with Gasteiger partial charge in [-0.3, -0.25) is 14.2 Å². The molecule has 27 heavy (non-hydrogen) atoms. The van der Waals surface area contributed by atoms with Crippen molar-refractivity contribution < 1.29 is 19.1 Å². The molecule has 0 radical (unpaired) electrons. The Hall–Kier alpha value is -2.75. The fourth-order valence-corrected chi connectivity index (χ4v) is 3.35. The Bertz CT molecular complexity index is 921. The van der Waals surface area contributed by atoms with Crippen LogP contribution in [0.4, 0.5) is 5.69 Å². The highest BCUT2D eigenvalue weighted by atomic mass is 32.2. The molecule has 0 aliphatic carbocycles. The average Bonchev–Trinajstić information content (AvgIpc) is 3.23. The first-order valence-electron chi connectivity index (χ1n) is 8.52. The van der Waals surface area contributed by atoms with Crippen molar-refractivity contribution in [1.29, 1.82) is 0 Å². The molecule has 1 aromatic heterocycles. The Labute approximate surface area is 159 Å². The van der Waals surface area contributed by atoms with E-state index in [1.165, 1.54) is 11.5 Å². The number of ketones is 1. The summed E-state index contributed by atoms with van der Waals surface area (Å²) >= 11 is 1.15. The van der Waals surface area contributed by atoms with Crippen molar-refractivity contribution in [2.75, 3.05) is 17.9 Å². The van der Waals surface area contributed by atoms with Crippen molar-refractivity contribution in [2.24, 2.45) is 0 Å². The number of hydrogen-bond acceptors (Lipinski definition) is 7. The predicted octanol–water partition coefficient (Wildman–Crippen LogP) is 2.03. The monoisotopic (exact) mass is 392 g/mol. The highest BCUT2D eigenvalue weighted by molar-refractivity contribution is 7.99. The van der Waals surface area contributed by atoms with Crippen LogP contribution in [0, 0.1) is 0 Å². The van der Waals surface area contributed by atoms with Gasteiger partial charge in [-0.1, -0.05) is 25.1 Å². The molecule has 10 heteroatoms. The Morgan fingerprint density at radius 1 is 1.33 bits per heavy atom. The van der Waals surface area contributed by atoms with Crippen LogP contribution in [0.1, 0.15) is 37.0 Å². The topological polar surface area (TPSA) is 115 Å². The van der Waals surface area contributed by atoms with Crippen molar-refractivity contribution >= 4 is 29.1 Å². The molecule has 1 aliphatic heterocycles. The Balaban J connectivity index is 1.68. The van der Waals surface area contributed by atoms with Gasteiger partial charge in [-0.2, -0.15) is 0 Å². The van der Waals surface area contributed by atoms with E-state index in [1.54, 1.807) is 12.1 Å². The first kappa shape index (κ1) is 19.0. The van der Waals surface area contributed by atoms with Gasteiger partial charge in [0, 0.05) is 18.2 Å². The van der Waals surface area contributed by atoms with Crippen molar-refractivity contribution in [2.45, 2.75) is 38.4 Å². The molecule has 1 aromatic carbocycles. The number of ether oxygens (including phenoxy) is 2. The van der Waals surface area contributed by atoms with Gasteiger partial charge in [0.05, 0.1) is 11.4 Å². The Morgan fingerprint density at radius 2 is 2.07 bits per heavy atom. The first-order valence-corrected chi connectivity index (χ1v) is 9.50. The number of amides is 1. The zero-order valence-electron chi connectivity index (χ0n) is 15.0. The summed E-state index contributed by atoms with van der Waals surface area (Å²) in [5, 5.41) is 9.54. The fourth-order valence-electron chi connectivity index (χ4n) is 2.58. The van der Waals surface area contributed by atoms with E-state index in [9.17, 15) is 14.4 Å². The minimum atomic E-state index is -0.321. The van der Waals surface area contributed by atoms with Crippen LogP contribution in [0.25, 0.3) is 0 Å². The molecular weight excluding hydrogens is 372 g/mol.